The summed E-state index contributed by atoms with van der Waals surface area (Å²) >= 11 is 5.26. The van der Waals surface area contributed by atoms with Crippen LogP contribution in [0.5, 0.6) is 0 Å². The molecular weight excluding hydrogens is 232 g/mol. The second-order valence-corrected chi connectivity index (χ2v) is 7.00. The summed E-state index contributed by atoms with van der Waals surface area (Å²) < 4.78 is 22.7. The fourth-order valence-electron chi connectivity index (χ4n) is 1.79. The first-order chi connectivity index (χ1) is 6.98. The van der Waals surface area contributed by atoms with E-state index in [4.69, 9.17) is 12.2 Å². The monoisotopic (exact) mass is 248 g/mol. The van der Waals surface area contributed by atoms with Crippen molar-refractivity contribution < 1.29 is 8.42 Å². The van der Waals surface area contributed by atoms with Crippen LogP contribution in [0.15, 0.2) is 0 Å². The van der Waals surface area contributed by atoms with Crippen molar-refractivity contribution in [3.63, 3.8) is 0 Å². The lowest BCUT2D eigenvalue weighted by Gasteiger charge is -2.35. The van der Waals surface area contributed by atoms with E-state index in [2.05, 4.69) is 5.32 Å². The Morgan fingerprint density at radius 3 is 2.67 bits per heavy atom. The number of sulfone groups is 1. The van der Waals surface area contributed by atoms with Crippen molar-refractivity contribution in [2.75, 3.05) is 18.1 Å². The summed E-state index contributed by atoms with van der Waals surface area (Å²) in [5.41, 5.74) is 0. The Balaban J connectivity index is 1.95. The molecule has 1 N–H and O–H groups in total. The summed E-state index contributed by atoms with van der Waals surface area (Å²) in [6.45, 7) is 2.44. The van der Waals surface area contributed by atoms with Crippen LogP contribution in [-0.2, 0) is 9.84 Å². The van der Waals surface area contributed by atoms with E-state index >= 15 is 0 Å². The minimum absolute atomic E-state index is 0.00231. The molecule has 1 heterocycles. The summed E-state index contributed by atoms with van der Waals surface area (Å²) in [7, 11) is -2.84. The van der Waals surface area contributed by atoms with Crippen molar-refractivity contribution in [2.45, 2.75) is 31.8 Å². The maximum Gasteiger partial charge on any atom is 0.169 e. The lowest BCUT2D eigenvalue weighted by molar-refractivity contribution is 0.347. The molecule has 1 atom stereocenters. The number of nitrogens with zero attached hydrogens (tertiary/aromatic N) is 1. The van der Waals surface area contributed by atoms with E-state index in [0.717, 1.165) is 5.11 Å². The molecular formula is C9H16N2O2S2. The van der Waals surface area contributed by atoms with E-state index in [1.165, 1.54) is 12.8 Å². The summed E-state index contributed by atoms with van der Waals surface area (Å²) in [6, 6.07) is 0.533. The van der Waals surface area contributed by atoms with Crippen LogP contribution in [0.1, 0.15) is 19.8 Å². The number of hydrogen-bond acceptors (Lipinski definition) is 3. The van der Waals surface area contributed by atoms with E-state index in [9.17, 15) is 8.42 Å². The molecule has 1 aliphatic carbocycles. The third kappa shape index (κ3) is 2.81. The van der Waals surface area contributed by atoms with Crippen LogP contribution in [0.2, 0.25) is 0 Å². The van der Waals surface area contributed by atoms with Crippen molar-refractivity contribution in [1.29, 1.82) is 0 Å². The zero-order valence-corrected chi connectivity index (χ0v) is 10.4. The van der Waals surface area contributed by atoms with Gasteiger partial charge in [0, 0.05) is 18.6 Å². The van der Waals surface area contributed by atoms with Crippen LogP contribution >= 0.6 is 12.2 Å². The molecule has 0 spiro atoms. The molecule has 15 heavy (non-hydrogen) atoms. The zero-order chi connectivity index (χ0) is 11.1. The van der Waals surface area contributed by atoms with Gasteiger partial charge in [-0.1, -0.05) is 0 Å². The first kappa shape index (κ1) is 11.1. The first-order valence-electron chi connectivity index (χ1n) is 5.25. The third-order valence-corrected chi connectivity index (χ3v) is 4.98. The number of thiocarbonyl (C=S) groups is 1. The highest BCUT2D eigenvalue weighted by Gasteiger charge is 2.31. The van der Waals surface area contributed by atoms with Crippen molar-refractivity contribution in [3.05, 3.63) is 0 Å². The van der Waals surface area contributed by atoms with Gasteiger partial charge in [-0.2, -0.15) is 0 Å². The highest BCUT2D eigenvalue weighted by Crippen LogP contribution is 2.20. The fraction of sp³-hybridized carbons (Fsp3) is 0.889. The molecule has 2 fully saturated rings. The van der Waals surface area contributed by atoms with Gasteiger partial charge in [-0.3, -0.25) is 0 Å². The maximum atomic E-state index is 11.4. The number of hydrogen-bond donors (Lipinski definition) is 1. The third-order valence-electron chi connectivity index (χ3n) is 2.84. The molecule has 2 aliphatic rings. The molecule has 1 unspecified atom stereocenters. The molecule has 1 saturated carbocycles. The van der Waals surface area contributed by atoms with Gasteiger partial charge in [0.15, 0.2) is 14.9 Å². The van der Waals surface area contributed by atoms with E-state index < -0.39 is 9.84 Å². The average molecular weight is 248 g/mol. The van der Waals surface area contributed by atoms with Gasteiger partial charge in [0.05, 0.1) is 11.5 Å². The Bertz CT molecular complexity index is 362. The van der Waals surface area contributed by atoms with Crippen molar-refractivity contribution in [3.8, 4) is 0 Å². The molecule has 1 aliphatic heterocycles. The number of nitrogens with one attached hydrogen (secondary N) is 1. The van der Waals surface area contributed by atoms with Crippen LogP contribution in [0.3, 0.4) is 0 Å². The lowest BCUT2D eigenvalue weighted by Crippen LogP contribution is -2.53. The smallest absolute Gasteiger partial charge is 0.169 e. The van der Waals surface area contributed by atoms with Gasteiger partial charge in [-0.15, -0.1) is 0 Å². The van der Waals surface area contributed by atoms with Crippen molar-refractivity contribution in [2.24, 2.45) is 0 Å². The Labute approximate surface area is 95.9 Å². The predicted molar refractivity (Wildman–Crippen MR) is 63.6 cm³/mol. The van der Waals surface area contributed by atoms with Gasteiger partial charge in [-0.25, -0.2) is 8.42 Å². The Hall–Kier alpha value is -0.360. The van der Waals surface area contributed by atoms with Crippen LogP contribution < -0.4 is 5.32 Å². The lowest BCUT2D eigenvalue weighted by atomic mass is 10.3. The SMILES string of the molecule is CC1CS(=O)(=O)CCN1C(=S)NC1CC1. The van der Waals surface area contributed by atoms with Gasteiger partial charge in [-0.05, 0) is 32.0 Å². The predicted octanol–water partition coefficient (Wildman–Crippen LogP) is 0.142. The second-order valence-electron chi connectivity index (χ2n) is 4.38. The zero-order valence-electron chi connectivity index (χ0n) is 8.77. The molecule has 0 aromatic carbocycles. The Kier molecular flexibility index (Phi) is 2.89. The summed E-state index contributed by atoms with van der Waals surface area (Å²) in [5.74, 6) is 0.448. The van der Waals surface area contributed by atoms with E-state index in [-0.39, 0.29) is 17.5 Å². The summed E-state index contributed by atoms with van der Waals surface area (Å²) in [6.07, 6.45) is 2.36. The minimum atomic E-state index is -2.84. The van der Waals surface area contributed by atoms with Gasteiger partial charge >= 0.3 is 0 Å². The molecule has 2 rings (SSSR count). The fourth-order valence-corrected chi connectivity index (χ4v) is 3.78. The van der Waals surface area contributed by atoms with E-state index in [1.54, 1.807) is 0 Å². The molecule has 0 amide bonds. The van der Waals surface area contributed by atoms with Crippen molar-refractivity contribution in [1.82, 2.24) is 10.2 Å². The highest BCUT2D eigenvalue weighted by molar-refractivity contribution is 7.91. The summed E-state index contributed by atoms with van der Waals surface area (Å²) in [4.78, 5) is 1.99. The average Bonchev–Trinajstić information content (AvgIpc) is 2.85. The molecule has 6 heteroatoms. The van der Waals surface area contributed by atoms with E-state index in [1.807, 2.05) is 11.8 Å². The topological polar surface area (TPSA) is 49.4 Å². The van der Waals surface area contributed by atoms with Gasteiger partial charge in [0.25, 0.3) is 0 Å². The maximum absolute atomic E-state index is 11.4. The second kappa shape index (κ2) is 3.90. The van der Waals surface area contributed by atoms with Gasteiger partial charge in [0.1, 0.15) is 0 Å². The highest BCUT2D eigenvalue weighted by atomic mass is 32.2. The quantitative estimate of drug-likeness (QED) is 0.669. The molecule has 0 aromatic heterocycles. The number of rotatable bonds is 1. The molecule has 0 aromatic rings. The van der Waals surface area contributed by atoms with E-state index in [0.29, 0.717) is 12.6 Å². The molecule has 0 radical (unpaired) electrons. The molecule has 0 bridgehead atoms. The van der Waals surface area contributed by atoms with Crippen LogP contribution in [0.4, 0.5) is 0 Å². The van der Waals surface area contributed by atoms with Gasteiger partial charge in [0.2, 0.25) is 0 Å². The Morgan fingerprint density at radius 1 is 1.47 bits per heavy atom. The van der Waals surface area contributed by atoms with Crippen LogP contribution in [-0.4, -0.2) is 48.6 Å². The summed E-state index contributed by atoms with van der Waals surface area (Å²) in [5, 5.41) is 3.97. The minimum Gasteiger partial charge on any atom is -0.360 e. The standard InChI is InChI=1S/C9H16N2O2S2/c1-7-6-15(12,13)5-4-11(7)9(14)10-8-2-3-8/h7-8H,2-6H2,1H3,(H,10,14). The molecule has 86 valence electrons. The molecule has 1 saturated heterocycles. The Morgan fingerprint density at radius 2 is 2.13 bits per heavy atom. The molecule has 4 nitrogen and oxygen atoms in total. The van der Waals surface area contributed by atoms with Crippen LogP contribution in [0, 0.1) is 0 Å². The normalized spacial score (nSPS) is 29.9. The van der Waals surface area contributed by atoms with Crippen molar-refractivity contribution >= 4 is 27.2 Å². The largest absolute Gasteiger partial charge is 0.360 e. The van der Waals surface area contributed by atoms with Gasteiger partial charge < -0.3 is 10.2 Å². The first-order valence-corrected chi connectivity index (χ1v) is 7.48. The van der Waals surface area contributed by atoms with Crippen LogP contribution in [0.25, 0.3) is 0 Å².